The highest BCUT2D eigenvalue weighted by Crippen LogP contribution is 2.40. The number of hydrogen-bond donors (Lipinski definition) is 0. The lowest BCUT2D eigenvalue weighted by molar-refractivity contribution is 1.18. The Kier molecular flexibility index (Phi) is 7.14. The summed E-state index contributed by atoms with van der Waals surface area (Å²) in [4.78, 5) is 15.3. The van der Waals surface area contributed by atoms with Gasteiger partial charge >= 0.3 is 0 Å². The van der Waals surface area contributed by atoms with Gasteiger partial charge in [-0.15, -0.1) is 0 Å². The molecule has 0 radical (unpaired) electrons. The Labute approximate surface area is 301 Å². The van der Waals surface area contributed by atoms with Gasteiger partial charge in [0.05, 0.1) is 22.6 Å². The summed E-state index contributed by atoms with van der Waals surface area (Å²) in [6.07, 6.45) is 0. The molecule has 10 aromatic rings. The molecule has 0 N–H and O–H groups in total. The van der Waals surface area contributed by atoms with E-state index < -0.39 is 0 Å². The number of para-hydroxylation sites is 1. The molecule has 3 heteroatoms. The molecule has 0 spiro atoms. The molecule has 0 saturated heterocycles. The van der Waals surface area contributed by atoms with E-state index in [4.69, 9.17) is 15.0 Å². The smallest absolute Gasteiger partial charge is 0.160 e. The number of rotatable bonds is 5. The molecule has 0 unspecified atom stereocenters. The largest absolute Gasteiger partial charge is 0.247 e. The molecule has 0 aliphatic heterocycles. The van der Waals surface area contributed by atoms with Crippen molar-refractivity contribution in [1.82, 2.24) is 15.0 Å². The van der Waals surface area contributed by atoms with Crippen LogP contribution in [0.3, 0.4) is 0 Å². The fourth-order valence-electron chi connectivity index (χ4n) is 7.50. The predicted molar refractivity (Wildman–Crippen MR) is 217 cm³/mol. The van der Waals surface area contributed by atoms with E-state index in [2.05, 4.69) is 152 Å². The molecule has 8 aromatic carbocycles. The van der Waals surface area contributed by atoms with E-state index in [0.717, 1.165) is 55.6 Å². The predicted octanol–water partition coefficient (Wildman–Crippen LogP) is 12.8. The van der Waals surface area contributed by atoms with E-state index in [0.29, 0.717) is 5.82 Å². The Hall–Kier alpha value is -6.97. The lowest BCUT2D eigenvalue weighted by Gasteiger charge is -2.15. The number of nitrogens with zero attached hydrogens (tertiary/aromatic N) is 3. The average Bonchev–Trinajstić information content (AvgIpc) is 3.23. The third-order valence-electron chi connectivity index (χ3n) is 10.1. The van der Waals surface area contributed by atoms with E-state index in [-0.39, 0.29) is 0 Å². The molecule has 0 aliphatic carbocycles. The topological polar surface area (TPSA) is 38.7 Å². The zero-order chi connectivity index (χ0) is 34.4. The second-order valence-corrected chi connectivity index (χ2v) is 13.2. The summed E-state index contributed by atoms with van der Waals surface area (Å²) in [6.45, 7) is 0. The molecular weight excluding hydrogens is 631 g/mol. The van der Waals surface area contributed by atoms with Crippen molar-refractivity contribution in [1.29, 1.82) is 0 Å². The van der Waals surface area contributed by atoms with Crippen molar-refractivity contribution in [3.05, 3.63) is 188 Å². The number of pyridine rings is 1. The summed E-state index contributed by atoms with van der Waals surface area (Å²) in [7, 11) is 0. The van der Waals surface area contributed by atoms with Gasteiger partial charge in [0.25, 0.3) is 0 Å². The van der Waals surface area contributed by atoms with Crippen LogP contribution in [0.15, 0.2) is 188 Å². The fraction of sp³-hybridized carbons (Fsp3) is 0. The van der Waals surface area contributed by atoms with Gasteiger partial charge in [-0.05, 0) is 62.3 Å². The Morgan fingerprint density at radius 3 is 1.58 bits per heavy atom. The van der Waals surface area contributed by atoms with Gasteiger partial charge in [0.1, 0.15) is 0 Å². The summed E-state index contributed by atoms with van der Waals surface area (Å²) in [5, 5.41) is 8.48. The van der Waals surface area contributed by atoms with Crippen LogP contribution in [0.4, 0.5) is 0 Å². The van der Waals surface area contributed by atoms with Crippen LogP contribution in [0.5, 0.6) is 0 Å². The normalized spacial score (nSPS) is 11.5. The van der Waals surface area contributed by atoms with Crippen LogP contribution in [0.2, 0.25) is 0 Å². The molecule has 0 fully saturated rings. The van der Waals surface area contributed by atoms with Gasteiger partial charge < -0.3 is 0 Å². The summed E-state index contributed by atoms with van der Waals surface area (Å²) in [5.41, 5.74) is 10.2. The molecule has 0 atom stereocenters. The Morgan fingerprint density at radius 2 is 0.827 bits per heavy atom. The third kappa shape index (κ3) is 5.19. The van der Waals surface area contributed by atoms with Crippen LogP contribution in [0, 0.1) is 0 Å². The maximum Gasteiger partial charge on any atom is 0.160 e. The van der Waals surface area contributed by atoms with Crippen molar-refractivity contribution in [3.8, 4) is 56.3 Å². The second kappa shape index (κ2) is 12.4. The summed E-state index contributed by atoms with van der Waals surface area (Å²) < 4.78 is 0. The number of aromatic nitrogens is 3. The van der Waals surface area contributed by atoms with Crippen molar-refractivity contribution >= 4 is 43.2 Å². The van der Waals surface area contributed by atoms with E-state index in [1.165, 1.54) is 38.1 Å². The SMILES string of the molecule is c1ccc(-c2cc(-c3ccc(-c4nc5ccccc5c5ccc(-c6cc7ccccc7c7ccccc67)cc45)cc3)nc(-c3ccccc3)n2)cc1. The van der Waals surface area contributed by atoms with Gasteiger partial charge in [0.15, 0.2) is 5.82 Å². The molecule has 0 saturated carbocycles. The molecule has 242 valence electrons. The third-order valence-corrected chi connectivity index (χ3v) is 10.1. The van der Waals surface area contributed by atoms with Gasteiger partial charge in [0, 0.05) is 33.0 Å². The number of hydrogen-bond acceptors (Lipinski definition) is 3. The van der Waals surface area contributed by atoms with Crippen molar-refractivity contribution < 1.29 is 0 Å². The zero-order valence-corrected chi connectivity index (χ0v) is 28.2. The standard InChI is InChI=1S/C49H31N3/c1-3-13-32(14-4-1)46-31-47(52-49(51-46)35-15-5-2-6-16-35)33-23-25-34(26-24-33)48-44-30-37(27-28-41(44)42-21-11-12-22-45(42)50-48)43-29-36-17-7-8-18-38(36)39-19-9-10-20-40(39)43/h1-31H. The van der Waals surface area contributed by atoms with Gasteiger partial charge in [-0.25, -0.2) is 15.0 Å². The first-order chi connectivity index (χ1) is 25.8. The van der Waals surface area contributed by atoms with Crippen LogP contribution in [-0.4, -0.2) is 15.0 Å². The number of benzene rings is 8. The van der Waals surface area contributed by atoms with Crippen LogP contribution < -0.4 is 0 Å². The molecule has 0 aliphatic rings. The monoisotopic (exact) mass is 661 g/mol. The van der Waals surface area contributed by atoms with Crippen LogP contribution in [0.1, 0.15) is 0 Å². The van der Waals surface area contributed by atoms with Crippen LogP contribution in [-0.2, 0) is 0 Å². The van der Waals surface area contributed by atoms with Gasteiger partial charge in [-0.1, -0.05) is 164 Å². The zero-order valence-electron chi connectivity index (χ0n) is 28.2. The van der Waals surface area contributed by atoms with E-state index in [9.17, 15) is 0 Å². The Bertz CT molecular complexity index is 2880. The molecule has 52 heavy (non-hydrogen) atoms. The van der Waals surface area contributed by atoms with Crippen molar-refractivity contribution in [2.75, 3.05) is 0 Å². The Morgan fingerprint density at radius 1 is 0.288 bits per heavy atom. The summed E-state index contributed by atoms with van der Waals surface area (Å²) >= 11 is 0. The van der Waals surface area contributed by atoms with E-state index >= 15 is 0 Å². The summed E-state index contributed by atoms with van der Waals surface area (Å²) in [5.74, 6) is 0.706. The number of fused-ring (bicyclic) bond motifs is 6. The minimum absolute atomic E-state index is 0.706. The van der Waals surface area contributed by atoms with Gasteiger partial charge in [-0.3, -0.25) is 0 Å². The van der Waals surface area contributed by atoms with E-state index in [1.807, 2.05) is 36.4 Å². The Balaban J connectivity index is 1.13. The van der Waals surface area contributed by atoms with E-state index in [1.54, 1.807) is 0 Å². The quantitative estimate of drug-likeness (QED) is 0.172. The minimum atomic E-state index is 0.706. The maximum atomic E-state index is 5.31. The molecule has 2 aromatic heterocycles. The van der Waals surface area contributed by atoms with Crippen LogP contribution in [0.25, 0.3) is 99.5 Å². The maximum absolute atomic E-state index is 5.31. The summed E-state index contributed by atoms with van der Waals surface area (Å²) in [6, 6.07) is 66.3. The average molecular weight is 662 g/mol. The molecule has 10 rings (SSSR count). The van der Waals surface area contributed by atoms with Crippen molar-refractivity contribution in [2.24, 2.45) is 0 Å². The molecule has 0 bridgehead atoms. The molecular formula is C49H31N3. The van der Waals surface area contributed by atoms with Crippen LogP contribution >= 0.6 is 0 Å². The highest BCUT2D eigenvalue weighted by atomic mass is 14.9. The first-order valence-electron chi connectivity index (χ1n) is 17.6. The first kappa shape index (κ1) is 29.9. The second-order valence-electron chi connectivity index (χ2n) is 13.2. The lowest BCUT2D eigenvalue weighted by atomic mass is 9.91. The van der Waals surface area contributed by atoms with Crippen molar-refractivity contribution in [2.45, 2.75) is 0 Å². The minimum Gasteiger partial charge on any atom is -0.247 e. The van der Waals surface area contributed by atoms with Gasteiger partial charge in [-0.2, -0.15) is 0 Å². The lowest BCUT2D eigenvalue weighted by Crippen LogP contribution is -1.96. The first-order valence-corrected chi connectivity index (χ1v) is 17.6. The van der Waals surface area contributed by atoms with Crippen molar-refractivity contribution in [3.63, 3.8) is 0 Å². The molecule has 3 nitrogen and oxygen atoms in total. The molecule has 2 heterocycles. The highest BCUT2D eigenvalue weighted by molar-refractivity contribution is 6.16. The molecule has 0 amide bonds. The highest BCUT2D eigenvalue weighted by Gasteiger charge is 2.16. The fourth-order valence-corrected chi connectivity index (χ4v) is 7.50. The van der Waals surface area contributed by atoms with Gasteiger partial charge in [0.2, 0.25) is 0 Å².